The second-order valence-electron chi connectivity index (χ2n) is 4.74. The van der Waals surface area contributed by atoms with Gasteiger partial charge in [0.05, 0.1) is 11.3 Å². The lowest BCUT2D eigenvalue weighted by atomic mass is 10.1. The van der Waals surface area contributed by atoms with E-state index in [1.165, 1.54) is 19.1 Å². The summed E-state index contributed by atoms with van der Waals surface area (Å²) in [5.41, 5.74) is 1.03. The van der Waals surface area contributed by atoms with E-state index in [0.29, 0.717) is 16.3 Å². The SMILES string of the molecule is CC(=O)c1ccccc1NC(=O)COC(=O)c1cccc(Cl)c1. The number of ketones is 1. The Morgan fingerprint density at radius 2 is 1.83 bits per heavy atom. The monoisotopic (exact) mass is 331 g/mol. The molecule has 0 aliphatic carbocycles. The molecule has 2 aromatic carbocycles. The topological polar surface area (TPSA) is 72.5 Å². The molecule has 0 fully saturated rings. The maximum absolute atomic E-state index is 11.9. The number of esters is 1. The summed E-state index contributed by atoms with van der Waals surface area (Å²) in [5.74, 6) is -1.35. The number of rotatable bonds is 5. The Hall–Kier alpha value is -2.66. The van der Waals surface area contributed by atoms with Crippen molar-refractivity contribution in [3.8, 4) is 0 Å². The second-order valence-corrected chi connectivity index (χ2v) is 5.17. The number of carbonyl (C=O) groups excluding carboxylic acids is 3. The van der Waals surface area contributed by atoms with E-state index in [1.807, 2.05) is 0 Å². The first-order valence-corrected chi connectivity index (χ1v) is 7.17. The Balaban J connectivity index is 1.96. The molecule has 0 bridgehead atoms. The van der Waals surface area contributed by atoms with Crippen molar-refractivity contribution >= 4 is 34.9 Å². The van der Waals surface area contributed by atoms with Gasteiger partial charge in [-0.3, -0.25) is 9.59 Å². The van der Waals surface area contributed by atoms with Gasteiger partial charge in [0.2, 0.25) is 0 Å². The van der Waals surface area contributed by atoms with E-state index < -0.39 is 18.5 Å². The average molecular weight is 332 g/mol. The number of hydrogen-bond donors (Lipinski definition) is 1. The molecule has 0 unspecified atom stereocenters. The van der Waals surface area contributed by atoms with E-state index in [0.717, 1.165) is 0 Å². The number of ether oxygens (including phenoxy) is 1. The highest BCUT2D eigenvalue weighted by molar-refractivity contribution is 6.30. The quantitative estimate of drug-likeness (QED) is 0.673. The minimum atomic E-state index is -0.650. The minimum Gasteiger partial charge on any atom is -0.452 e. The summed E-state index contributed by atoms with van der Waals surface area (Å²) in [6, 6.07) is 12.8. The molecule has 1 amide bonds. The number of benzene rings is 2. The van der Waals surface area contributed by atoms with Gasteiger partial charge < -0.3 is 10.1 Å². The van der Waals surface area contributed by atoms with Crippen LogP contribution in [0.4, 0.5) is 5.69 Å². The first kappa shape index (κ1) is 16.7. The Bertz CT molecular complexity index is 758. The molecule has 0 saturated carbocycles. The summed E-state index contributed by atoms with van der Waals surface area (Å²) in [6.45, 7) is 0.946. The van der Waals surface area contributed by atoms with E-state index in [1.54, 1.807) is 36.4 Å². The predicted octanol–water partition coefficient (Wildman–Crippen LogP) is 3.34. The van der Waals surface area contributed by atoms with E-state index in [-0.39, 0.29) is 11.3 Å². The Kier molecular flexibility index (Phi) is 5.49. The number of para-hydroxylation sites is 1. The highest BCUT2D eigenvalue weighted by atomic mass is 35.5. The van der Waals surface area contributed by atoms with Crippen LogP contribution in [-0.2, 0) is 9.53 Å². The third-order valence-corrected chi connectivity index (χ3v) is 3.21. The van der Waals surface area contributed by atoms with Crippen LogP contribution in [0.2, 0.25) is 5.02 Å². The molecule has 0 aliphatic heterocycles. The van der Waals surface area contributed by atoms with E-state index in [9.17, 15) is 14.4 Å². The highest BCUT2D eigenvalue weighted by Crippen LogP contribution is 2.15. The standard InChI is InChI=1S/C17H14ClNO4/c1-11(20)14-7-2-3-8-15(14)19-16(21)10-23-17(22)12-5-4-6-13(18)9-12/h2-9H,10H2,1H3,(H,19,21). The third kappa shape index (κ3) is 4.66. The molecule has 2 aromatic rings. The Morgan fingerprint density at radius 1 is 1.09 bits per heavy atom. The summed E-state index contributed by atoms with van der Waals surface area (Å²) in [6.07, 6.45) is 0. The molecule has 5 nitrogen and oxygen atoms in total. The van der Waals surface area contributed by atoms with Crippen LogP contribution in [0.1, 0.15) is 27.6 Å². The molecular formula is C17H14ClNO4. The number of nitrogens with one attached hydrogen (secondary N) is 1. The average Bonchev–Trinajstić information content (AvgIpc) is 2.53. The number of Topliss-reactive ketones (excluding diaryl/α,β-unsaturated/α-hetero) is 1. The van der Waals surface area contributed by atoms with E-state index in [4.69, 9.17) is 16.3 Å². The van der Waals surface area contributed by atoms with Gasteiger partial charge in [-0.15, -0.1) is 0 Å². The van der Waals surface area contributed by atoms with Crippen molar-refractivity contribution in [1.82, 2.24) is 0 Å². The second kappa shape index (κ2) is 7.56. The summed E-state index contributed by atoms with van der Waals surface area (Å²) in [7, 11) is 0. The maximum Gasteiger partial charge on any atom is 0.338 e. The summed E-state index contributed by atoms with van der Waals surface area (Å²) >= 11 is 5.79. The molecule has 23 heavy (non-hydrogen) atoms. The van der Waals surface area contributed by atoms with E-state index in [2.05, 4.69) is 5.32 Å². The molecule has 6 heteroatoms. The zero-order chi connectivity index (χ0) is 16.8. The largest absolute Gasteiger partial charge is 0.452 e. The third-order valence-electron chi connectivity index (χ3n) is 2.98. The lowest BCUT2D eigenvalue weighted by Gasteiger charge is -2.09. The number of anilines is 1. The van der Waals surface area contributed by atoms with Crippen LogP contribution in [0.25, 0.3) is 0 Å². The smallest absolute Gasteiger partial charge is 0.338 e. The Labute approximate surface area is 138 Å². The fourth-order valence-electron chi connectivity index (χ4n) is 1.92. The van der Waals surface area contributed by atoms with Crippen molar-refractivity contribution in [3.05, 3.63) is 64.7 Å². The fourth-order valence-corrected chi connectivity index (χ4v) is 2.11. The molecule has 1 N–H and O–H groups in total. The summed E-state index contributed by atoms with van der Waals surface area (Å²) < 4.78 is 4.92. The van der Waals surface area contributed by atoms with Crippen LogP contribution in [0.3, 0.4) is 0 Å². The molecule has 0 aromatic heterocycles. The van der Waals surface area contributed by atoms with Gasteiger partial charge >= 0.3 is 5.97 Å². The Morgan fingerprint density at radius 3 is 2.52 bits per heavy atom. The molecule has 0 atom stereocenters. The van der Waals surface area contributed by atoms with Crippen LogP contribution in [-0.4, -0.2) is 24.3 Å². The van der Waals surface area contributed by atoms with Gasteiger partial charge in [-0.1, -0.05) is 29.8 Å². The minimum absolute atomic E-state index is 0.170. The molecule has 0 spiro atoms. The van der Waals surface area contributed by atoms with Crippen LogP contribution < -0.4 is 5.32 Å². The number of carbonyl (C=O) groups is 3. The van der Waals surface area contributed by atoms with E-state index >= 15 is 0 Å². The van der Waals surface area contributed by atoms with Gasteiger partial charge in [0.1, 0.15) is 0 Å². The molecule has 0 heterocycles. The van der Waals surface area contributed by atoms with Crippen LogP contribution in [0.5, 0.6) is 0 Å². The number of amides is 1. The normalized spacial score (nSPS) is 10.0. The van der Waals surface area contributed by atoms with Crippen molar-refractivity contribution < 1.29 is 19.1 Å². The lowest BCUT2D eigenvalue weighted by molar-refractivity contribution is -0.119. The van der Waals surface area contributed by atoms with Gasteiger partial charge in [0.25, 0.3) is 5.91 Å². The van der Waals surface area contributed by atoms with Gasteiger partial charge in [0, 0.05) is 10.6 Å². The lowest BCUT2D eigenvalue weighted by Crippen LogP contribution is -2.22. The molecule has 0 radical (unpaired) electrons. The molecule has 0 saturated heterocycles. The van der Waals surface area contributed by atoms with Crippen molar-refractivity contribution in [3.63, 3.8) is 0 Å². The molecule has 2 rings (SSSR count). The number of hydrogen-bond acceptors (Lipinski definition) is 4. The maximum atomic E-state index is 11.9. The van der Waals surface area contributed by atoms with Crippen molar-refractivity contribution in [2.45, 2.75) is 6.92 Å². The zero-order valence-corrected chi connectivity index (χ0v) is 13.1. The highest BCUT2D eigenvalue weighted by Gasteiger charge is 2.13. The first-order chi connectivity index (χ1) is 11.0. The van der Waals surface area contributed by atoms with Crippen molar-refractivity contribution in [2.75, 3.05) is 11.9 Å². The first-order valence-electron chi connectivity index (χ1n) is 6.80. The number of halogens is 1. The van der Waals surface area contributed by atoms with Gasteiger partial charge in [-0.05, 0) is 37.3 Å². The molecule has 118 valence electrons. The van der Waals surface area contributed by atoms with Gasteiger partial charge in [-0.2, -0.15) is 0 Å². The molecular weight excluding hydrogens is 318 g/mol. The van der Waals surface area contributed by atoms with Crippen LogP contribution in [0, 0.1) is 0 Å². The van der Waals surface area contributed by atoms with Gasteiger partial charge in [0.15, 0.2) is 12.4 Å². The summed E-state index contributed by atoms with van der Waals surface area (Å²) in [5, 5.41) is 2.95. The van der Waals surface area contributed by atoms with Gasteiger partial charge in [-0.25, -0.2) is 4.79 Å². The van der Waals surface area contributed by atoms with Crippen LogP contribution >= 0.6 is 11.6 Å². The zero-order valence-electron chi connectivity index (χ0n) is 12.3. The van der Waals surface area contributed by atoms with Crippen molar-refractivity contribution in [1.29, 1.82) is 0 Å². The molecule has 0 aliphatic rings. The van der Waals surface area contributed by atoms with Crippen LogP contribution in [0.15, 0.2) is 48.5 Å². The van der Waals surface area contributed by atoms with Crippen molar-refractivity contribution in [2.24, 2.45) is 0 Å². The fraction of sp³-hybridized carbons (Fsp3) is 0.118. The predicted molar refractivity (Wildman–Crippen MR) is 86.8 cm³/mol. The summed E-state index contributed by atoms with van der Waals surface area (Å²) in [4.78, 5) is 35.2.